The standard InChI is InChI=1S/C19H25N5O/c1-23(2)13-6-12-20-18-11-10-16(21-22-18)19(25)24-14-5-8-15-7-3-4-9-17(15)24/h3-4,7,9-11H,5-6,8,12-14H2,1-2H3,(H,20,22). The number of anilines is 2. The van der Waals surface area contributed by atoms with Crippen LogP contribution >= 0.6 is 0 Å². The lowest BCUT2D eigenvalue weighted by Crippen LogP contribution is -2.36. The van der Waals surface area contributed by atoms with Crippen LogP contribution in [0.5, 0.6) is 0 Å². The lowest BCUT2D eigenvalue weighted by atomic mass is 10.0. The molecule has 0 radical (unpaired) electrons. The third-order valence-corrected chi connectivity index (χ3v) is 4.33. The molecule has 0 saturated carbocycles. The summed E-state index contributed by atoms with van der Waals surface area (Å²) in [5.41, 5.74) is 2.59. The van der Waals surface area contributed by atoms with Gasteiger partial charge in [-0.05, 0) is 63.7 Å². The van der Waals surface area contributed by atoms with Gasteiger partial charge in [-0.2, -0.15) is 0 Å². The van der Waals surface area contributed by atoms with Crippen molar-refractivity contribution in [3.8, 4) is 0 Å². The molecule has 3 rings (SSSR count). The van der Waals surface area contributed by atoms with E-state index in [0.717, 1.165) is 44.6 Å². The SMILES string of the molecule is CN(C)CCCNc1ccc(C(=O)N2CCCc3ccccc32)nn1. The molecule has 6 heteroatoms. The molecule has 0 fully saturated rings. The third-order valence-electron chi connectivity index (χ3n) is 4.33. The van der Waals surface area contributed by atoms with Crippen molar-refractivity contribution in [2.75, 3.05) is 43.9 Å². The minimum Gasteiger partial charge on any atom is -0.369 e. The summed E-state index contributed by atoms with van der Waals surface area (Å²) in [5, 5.41) is 11.5. The first-order chi connectivity index (χ1) is 12.1. The van der Waals surface area contributed by atoms with E-state index in [1.165, 1.54) is 5.56 Å². The number of hydrogen-bond acceptors (Lipinski definition) is 5. The molecule has 0 unspecified atom stereocenters. The van der Waals surface area contributed by atoms with E-state index in [-0.39, 0.29) is 5.91 Å². The molecular weight excluding hydrogens is 314 g/mol. The summed E-state index contributed by atoms with van der Waals surface area (Å²) >= 11 is 0. The van der Waals surface area contributed by atoms with Gasteiger partial charge in [0, 0.05) is 18.8 Å². The van der Waals surface area contributed by atoms with Crippen LogP contribution in [-0.2, 0) is 6.42 Å². The van der Waals surface area contributed by atoms with Crippen molar-refractivity contribution in [2.45, 2.75) is 19.3 Å². The van der Waals surface area contributed by atoms with Crippen molar-refractivity contribution in [1.82, 2.24) is 15.1 Å². The summed E-state index contributed by atoms with van der Waals surface area (Å²) in [5.74, 6) is 0.619. The fraction of sp³-hybridized carbons (Fsp3) is 0.421. The Morgan fingerprint density at radius 2 is 2.04 bits per heavy atom. The number of nitrogens with zero attached hydrogens (tertiary/aromatic N) is 4. The van der Waals surface area contributed by atoms with Crippen LogP contribution in [0.15, 0.2) is 36.4 Å². The number of aromatic nitrogens is 2. The lowest BCUT2D eigenvalue weighted by Gasteiger charge is -2.29. The highest BCUT2D eigenvalue weighted by molar-refractivity contribution is 6.05. The lowest BCUT2D eigenvalue weighted by molar-refractivity contribution is 0.0979. The molecule has 1 aliphatic heterocycles. The highest BCUT2D eigenvalue weighted by Gasteiger charge is 2.24. The number of carbonyl (C=O) groups excluding carboxylic acids is 1. The predicted molar refractivity (Wildman–Crippen MR) is 100 cm³/mol. The molecule has 1 aliphatic rings. The molecule has 0 atom stereocenters. The van der Waals surface area contributed by atoms with Gasteiger partial charge >= 0.3 is 0 Å². The normalized spacial score (nSPS) is 13.6. The summed E-state index contributed by atoms with van der Waals surface area (Å²) in [6.07, 6.45) is 3.02. The van der Waals surface area contributed by atoms with Gasteiger partial charge in [0.1, 0.15) is 5.82 Å². The average Bonchev–Trinajstić information content (AvgIpc) is 2.64. The van der Waals surface area contributed by atoms with Crippen LogP contribution in [0.1, 0.15) is 28.9 Å². The van der Waals surface area contributed by atoms with Crippen LogP contribution < -0.4 is 10.2 Å². The Morgan fingerprint density at radius 1 is 1.20 bits per heavy atom. The summed E-state index contributed by atoms with van der Waals surface area (Å²) in [7, 11) is 4.11. The molecule has 132 valence electrons. The monoisotopic (exact) mass is 339 g/mol. The molecule has 1 N–H and O–H groups in total. The zero-order chi connectivity index (χ0) is 17.6. The summed E-state index contributed by atoms with van der Waals surface area (Å²) in [4.78, 5) is 16.8. The van der Waals surface area contributed by atoms with Crippen molar-refractivity contribution < 1.29 is 4.79 Å². The van der Waals surface area contributed by atoms with Crippen LogP contribution in [0.2, 0.25) is 0 Å². The van der Waals surface area contributed by atoms with E-state index in [4.69, 9.17) is 0 Å². The maximum absolute atomic E-state index is 12.8. The van der Waals surface area contributed by atoms with Crippen molar-refractivity contribution >= 4 is 17.4 Å². The zero-order valence-electron chi connectivity index (χ0n) is 14.9. The highest BCUT2D eigenvalue weighted by Crippen LogP contribution is 2.27. The smallest absolute Gasteiger partial charge is 0.278 e. The first-order valence-corrected chi connectivity index (χ1v) is 8.77. The highest BCUT2D eigenvalue weighted by atomic mass is 16.2. The molecule has 6 nitrogen and oxygen atoms in total. The van der Waals surface area contributed by atoms with Gasteiger partial charge in [-0.3, -0.25) is 4.79 Å². The van der Waals surface area contributed by atoms with E-state index in [1.807, 2.05) is 29.2 Å². The number of fused-ring (bicyclic) bond motifs is 1. The van der Waals surface area contributed by atoms with Gasteiger partial charge in [-0.25, -0.2) is 0 Å². The second-order valence-electron chi connectivity index (χ2n) is 6.58. The summed E-state index contributed by atoms with van der Waals surface area (Å²) < 4.78 is 0. The predicted octanol–water partition coefficient (Wildman–Crippen LogP) is 2.43. The fourth-order valence-corrected chi connectivity index (χ4v) is 3.04. The molecular formula is C19H25N5O. The fourth-order valence-electron chi connectivity index (χ4n) is 3.04. The number of benzene rings is 1. The van der Waals surface area contributed by atoms with Gasteiger partial charge in [0.2, 0.25) is 0 Å². The number of rotatable bonds is 6. The molecule has 1 aromatic carbocycles. The van der Waals surface area contributed by atoms with Gasteiger partial charge < -0.3 is 15.1 Å². The van der Waals surface area contributed by atoms with Gasteiger partial charge in [-0.15, -0.1) is 10.2 Å². The zero-order valence-corrected chi connectivity index (χ0v) is 14.9. The van der Waals surface area contributed by atoms with Crippen LogP contribution in [0.3, 0.4) is 0 Å². The Bertz CT molecular complexity index is 714. The Hall–Kier alpha value is -2.47. The number of carbonyl (C=O) groups is 1. The molecule has 0 bridgehead atoms. The van der Waals surface area contributed by atoms with E-state index in [9.17, 15) is 4.79 Å². The van der Waals surface area contributed by atoms with E-state index in [1.54, 1.807) is 6.07 Å². The van der Waals surface area contributed by atoms with Crippen molar-refractivity contribution in [1.29, 1.82) is 0 Å². The summed E-state index contributed by atoms with van der Waals surface area (Å²) in [6.45, 7) is 2.58. The van der Waals surface area contributed by atoms with E-state index >= 15 is 0 Å². The van der Waals surface area contributed by atoms with Crippen molar-refractivity contribution in [3.63, 3.8) is 0 Å². The molecule has 0 saturated heterocycles. The van der Waals surface area contributed by atoms with Crippen LogP contribution in [-0.4, -0.2) is 54.7 Å². The van der Waals surface area contributed by atoms with Gasteiger partial charge in [0.25, 0.3) is 5.91 Å². The molecule has 0 aliphatic carbocycles. The van der Waals surface area contributed by atoms with Crippen LogP contribution in [0, 0.1) is 0 Å². The van der Waals surface area contributed by atoms with Gasteiger partial charge in [-0.1, -0.05) is 18.2 Å². The van der Waals surface area contributed by atoms with Gasteiger partial charge in [0.15, 0.2) is 5.69 Å². The van der Waals surface area contributed by atoms with Crippen LogP contribution in [0.25, 0.3) is 0 Å². The topological polar surface area (TPSA) is 61.4 Å². The average molecular weight is 339 g/mol. The quantitative estimate of drug-likeness (QED) is 0.819. The molecule has 0 spiro atoms. The number of hydrogen-bond donors (Lipinski definition) is 1. The molecule has 1 amide bonds. The van der Waals surface area contributed by atoms with Crippen molar-refractivity contribution in [2.24, 2.45) is 0 Å². The number of para-hydroxylation sites is 1. The first-order valence-electron chi connectivity index (χ1n) is 8.77. The second-order valence-corrected chi connectivity index (χ2v) is 6.58. The van der Waals surface area contributed by atoms with Crippen LogP contribution in [0.4, 0.5) is 11.5 Å². The Kier molecular flexibility index (Phi) is 5.60. The maximum atomic E-state index is 12.8. The Morgan fingerprint density at radius 3 is 2.80 bits per heavy atom. The molecule has 2 heterocycles. The van der Waals surface area contributed by atoms with E-state index in [0.29, 0.717) is 11.5 Å². The van der Waals surface area contributed by atoms with Gasteiger partial charge in [0.05, 0.1) is 0 Å². The minimum absolute atomic E-state index is 0.0844. The number of nitrogens with one attached hydrogen (secondary N) is 1. The van der Waals surface area contributed by atoms with E-state index in [2.05, 4.69) is 40.6 Å². The first kappa shape index (κ1) is 17.4. The largest absolute Gasteiger partial charge is 0.369 e. The minimum atomic E-state index is -0.0844. The Labute approximate surface area is 148 Å². The Balaban J connectivity index is 1.64. The molecule has 25 heavy (non-hydrogen) atoms. The molecule has 1 aromatic heterocycles. The third kappa shape index (κ3) is 4.33. The van der Waals surface area contributed by atoms with Crippen molar-refractivity contribution in [3.05, 3.63) is 47.7 Å². The van der Waals surface area contributed by atoms with E-state index < -0.39 is 0 Å². The second kappa shape index (κ2) is 8.07. The molecule has 2 aromatic rings. The number of amides is 1. The number of aryl methyl sites for hydroxylation is 1. The summed E-state index contributed by atoms with van der Waals surface area (Å²) in [6, 6.07) is 11.6. The maximum Gasteiger partial charge on any atom is 0.278 e.